The van der Waals surface area contributed by atoms with E-state index in [9.17, 15) is 4.79 Å². The van der Waals surface area contributed by atoms with Gasteiger partial charge in [0.05, 0.1) is 16.9 Å². The van der Waals surface area contributed by atoms with Gasteiger partial charge in [0.15, 0.2) is 0 Å². The molecule has 0 saturated carbocycles. The number of aromatic nitrogens is 2. The number of benzene rings is 1. The fourth-order valence-corrected chi connectivity index (χ4v) is 1.97. The van der Waals surface area contributed by atoms with E-state index < -0.39 is 6.03 Å². The Morgan fingerprint density at radius 1 is 1.47 bits per heavy atom. The van der Waals surface area contributed by atoms with Crippen molar-refractivity contribution in [2.45, 2.75) is 12.4 Å². The van der Waals surface area contributed by atoms with Crippen molar-refractivity contribution < 1.29 is 4.79 Å². The first-order valence-electron chi connectivity index (χ1n) is 5.26. The van der Waals surface area contributed by atoms with Crippen molar-refractivity contribution in [2.75, 3.05) is 6.54 Å². The maximum atomic E-state index is 10.6. The standard InChI is InChI=1S/C11H13ClN4O/c12-7-10-15-8-3-1-2-4-9(8)16(10)6-5-14-11(13)17/h1-4H,5-7H2,(H3,13,14,17). The highest BCUT2D eigenvalue weighted by Gasteiger charge is 2.08. The molecule has 0 aliphatic carbocycles. The van der Waals surface area contributed by atoms with Gasteiger partial charge in [-0.2, -0.15) is 0 Å². The molecule has 0 saturated heterocycles. The minimum Gasteiger partial charge on any atom is -0.352 e. The lowest BCUT2D eigenvalue weighted by Gasteiger charge is -2.07. The Bertz CT molecular complexity index is 537. The summed E-state index contributed by atoms with van der Waals surface area (Å²) in [5, 5.41) is 2.55. The summed E-state index contributed by atoms with van der Waals surface area (Å²) in [6.45, 7) is 1.06. The normalized spacial score (nSPS) is 10.6. The number of carbonyl (C=O) groups is 1. The molecule has 0 fully saturated rings. The molecule has 0 radical (unpaired) electrons. The lowest BCUT2D eigenvalue weighted by molar-refractivity contribution is 0.248. The second-order valence-corrected chi connectivity index (χ2v) is 3.86. The second kappa shape index (κ2) is 5.05. The maximum absolute atomic E-state index is 10.6. The van der Waals surface area contributed by atoms with E-state index in [0.29, 0.717) is 19.0 Å². The van der Waals surface area contributed by atoms with E-state index in [1.807, 2.05) is 28.8 Å². The van der Waals surface area contributed by atoms with E-state index in [1.165, 1.54) is 0 Å². The molecular weight excluding hydrogens is 240 g/mol. The number of hydrogen-bond acceptors (Lipinski definition) is 2. The lowest BCUT2D eigenvalue weighted by Crippen LogP contribution is -2.32. The molecule has 0 spiro atoms. The predicted octanol–water partition coefficient (Wildman–Crippen LogP) is 1.44. The van der Waals surface area contributed by atoms with Gasteiger partial charge < -0.3 is 15.6 Å². The van der Waals surface area contributed by atoms with Gasteiger partial charge in [0.1, 0.15) is 5.82 Å². The van der Waals surface area contributed by atoms with Crippen molar-refractivity contribution in [1.29, 1.82) is 0 Å². The fraction of sp³-hybridized carbons (Fsp3) is 0.273. The number of halogens is 1. The third-order valence-corrected chi connectivity index (χ3v) is 2.73. The molecule has 2 aromatic rings. The number of carbonyl (C=O) groups excluding carboxylic acids is 1. The molecule has 2 rings (SSSR count). The van der Waals surface area contributed by atoms with Crippen LogP contribution in [0.4, 0.5) is 4.79 Å². The van der Waals surface area contributed by atoms with Gasteiger partial charge in [0.2, 0.25) is 0 Å². The Morgan fingerprint density at radius 2 is 2.24 bits per heavy atom. The van der Waals surface area contributed by atoms with Gasteiger partial charge >= 0.3 is 6.03 Å². The van der Waals surface area contributed by atoms with Crippen molar-refractivity contribution in [3.63, 3.8) is 0 Å². The zero-order chi connectivity index (χ0) is 12.3. The first-order chi connectivity index (χ1) is 8.22. The smallest absolute Gasteiger partial charge is 0.312 e. The Morgan fingerprint density at radius 3 is 2.94 bits per heavy atom. The maximum Gasteiger partial charge on any atom is 0.312 e. The molecule has 1 aromatic carbocycles. The number of fused-ring (bicyclic) bond motifs is 1. The van der Waals surface area contributed by atoms with E-state index in [1.54, 1.807) is 0 Å². The summed E-state index contributed by atoms with van der Waals surface area (Å²) in [4.78, 5) is 15.0. The molecule has 0 bridgehead atoms. The van der Waals surface area contributed by atoms with E-state index in [-0.39, 0.29) is 0 Å². The van der Waals surface area contributed by atoms with Crippen molar-refractivity contribution in [1.82, 2.24) is 14.9 Å². The van der Waals surface area contributed by atoms with Crippen LogP contribution in [0.25, 0.3) is 11.0 Å². The highest BCUT2D eigenvalue weighted by Crippen LogP contribution is 2.16. The minimum atomic E-state index is -0.526. The topological polar surface area (TPSA) is 72.9 Å². The molecule has 0 aliphatic heterocycles. The Kier molecular flexibility index (Phi) is 3.49. The fourth-order valence-electron chi connectivity index (χ4n) is 1.77. The summed E-state index contributed by atoms with van der Waals surface area (Å²) in [6, 6.07) is 7.26. The van der Waals surface area contributed by atoms with Gasteiger partial charge in [-0.1, -0.05) is 12.1 Å². The zero-order valence-electron chi connectivity index (χ0n) is 9.19. The summed E-state index contributed by atoms with van der Waals surface area (Å²) >= 11 is 5.85. The number of nitrogens with zero attached hydrogens (tertiary/aromatic N) is 2. The molecule has 1 heterocycles. The predicted molar refractivity (Wildman–Crippen MR) is 66.9 cm³/mol. The quantitative estimate of drug-likeness (QED) is 0.809. The monoisotopic (exact) mass is 252 g/mol. The van der Waals surface area contributed by atoms with Crippen LogP contribution in [-0.2, 0) is 12.4 Å². The molecule has 3 N–H and O–H groups in total. The Labute approximate surface area is 104 Å². The van der Waals surface area contributed by atoms with Crippen molar-refractivity contribution in [3.05, 3.63) is 30.1 Å². The number of nitrogens with two attached hydrogens (primary N) is 1. The Hall–Kier alpha value is -1.75. The molecule has 0 unspecified atom stereocenters. The van der Waals surface area contributed by atoms with Gasteiger partial charge in [-0.3, -0.25) is 0 Å². The largest absolute Gasteiger partial charge is 0.352 e. The number of amides is 2. The minimum absolute atomic E-state index is 0.339. The van der Waals surface area contributed by atoms with Gasteiger partial charge in [-0.15, -0.1) is 11.6 Å². The van der Waals surface area contributed by atoms with Crippen LogP contribution in [0.5, 0.6) is 0 Å². The number of alkyl halides is 1. The summed E-state index contributed by atoms with van der Waals surface area (Å²) in [5.41, 5.74) is 6.93. The first-order valence-corrected chi connectivity index (χ1v) is 5.79. The molecule has 90 valence electrons. The molecule has 6 heteroatoms. The van der Waals surface area contributed by atoms with Crippen molar-refractivity contribution >= 4 is 28.7 Å². The number of rotatable bonds is 4. The van der Waals surface area contributed by atoms with Crippen molar-refractivity contribution in [3.8, 4) is 0 Å². The van der Waals surface area contributed by atoms with Crippen molar-refractivity contribution in [2.24, 2.45) is 5.73 Å². The third-order valence-electron chi connectivity index (χ3n) is 2.49. The third kappa shape index (κ3) is 2.50. The van der Waals surface area contributed by atoms with E-state index >= 15 is 0 Å². The lowest BCUT2D eigenvalue weighted by atomic mass is 10.3. The molecule has 5 nitrogen and oxygen atoms in total. The van der Waals surface area contributed by atoms with Crippen LogP contribution in [0.2, 0.25) is 0 Å². The van der Waals surface area contributed by atoms with Crippen LogP contribution in [0, 0.1) is 0 Å². The number of para-hydroxylation sites is 2. The number of imidazole rings is 1. The SMILES string of the molecule is NC(=O)NCCn1c(CCl)nc2ccccc21. The van der Waals surface area contributed by atoms with Crippen LogP contribution >= 0.6 is 11.6 Å². The molecule has 17 heavy (non-hydrogen) atoms. The van der Waals surface area contributed by atoms with Gasteiger partial charge in [0.25, 0.3) is 0 Å². The van der Waals surface area contributed by atoms with E-state index in [0.717, 1.165) is 16.9 Å². The summed E-state index contributed by atoms with van der Waals surface area (Å²) < 4.78 is 1.98. The Balaban J connectivity index is 2.27. The van der Waals surface area contributed by atoms with Crippen LogP contribution < -0.4 is 11.1 Å². The second-order valence-electron chi connectivity index (χ2n) is 3.59. The van der Waals surface area contributed by atoms with Crippen LogP contribution in [0.1, 0.15) is 5.82 Å². The number of urea groups is 1. The molecule has 1 aromatic heterocycles. The van der Waals surface area contributed by atoms with Crippen LogP contribution in [0.15, 0.2) is 24.3 Å². The van der Waals surface area contributed by atoms with Gasteiger partial charge in [0, 0.05) is 13.1 Å². The molecular formula is C11H13ClN4O. The summed E-state index contributed by atoms with van der Waals surface area (Å²) in [5.74, 6) is 1.13. The van der Waals surface area contributed by atoms with Gasteiger partial charge in [-0.25, -0.2) is 9.78 Å². The molecule has 0 aliphatic rings. The van der Waals surface area contributed by atoms with E-state index in [2.05, 4.69) is 10.3 Å². The molecule has 2 amide bonds. The van der Waals surface area contributed by atoms with Crippen LogP contribution in [-0.4, -0.2) is 22.1 Å². The number of hydrogen-bond donors (Lipinski definition) is 2. The summed E-state index contributed by atoms with van der Waals surface area (Å²) in [7, 11) is 0. The average molecular weight is 253 g/mol. The van der Waals surface area contributed by atoms with E-state index in [4.69, 9.17) is 17.3 Å². The number of nitrogens with one attached hydrogen (secondary N) is 1. The number of primary amides is 1. The highest BCUT2D eigenvalue weighted by atomic mass is 35.5. The zero-order valence-corrected chi connectivity index (χ0v) is 9.94. The van der Waals surface area contributed by atoms with Gasteiger partial charge in [-0.05, 0) is 12.1 Å². The summed E-state index contributed by atoms with van der Waals surface area (Å²) in [6.07, 6.45) is 0. The van der Waals surface area contributed by atoms with Crippen LogP contribution in [0.3, 0.4) is 0 Å². The average Bonchev–Trinajstić information content (AvgIpc) is 2.67. The first kappa shape index (κ1) is 11.7. The molecule has 0 atom stereocenters. The highest BCUT2D eigenvalue weighted by molar-refractivity contribution is 6.16.